The highest BCUT2D eigenvalue weighted by atomic mass is 16.5. The number of ether oxygens (including phenoxy) is 2. The third-order valence-electron chi connectivity index (χ3n) is 4.64. The van der Waals surface area contributed by atoms with Gasteiger partial charge in [0.2, 0.25) is 0 Å². The van der Waals surface area contributed by atoms with Crippen LogP contribution >= 0.6 is 0 Å². The number of methoxy groups -OCH3 is 2. The SMILES string of the molecule is COc1ccc(-n2nc(C(=O)NCc3ccco3)c3ccccc3c2=O)c(OC)c1. The lowest BCUT2D eigenvalue weighted by Gasteiger charge is -2.14. The maximum Gasteiger partial charge on any atom is 0.279 e. The Bertz CT molecular complexity index is 1260. The predicted octanol–water partition coefficient (Wildman–Crippen LogP) is 2.93. The van der Waals surface area contributed by atoms with Crippen molar-refractivity contribution in [3.63, 3.8) is 0 Å². The number of amides is 1. The Morgan fingerprint density at radius 3 is 2.57 bits per heavy atom. The van der Waals surface area contributed by atoms with Gasteiger partial charge in [-0.25, -0.2) is 0 Å². The largest absolute Gasteiger partial charge is 0.497 e. The summed E-state index contributed by atoms with van der Waals surface area (Å²) >= 11 is 0. The molecule has 0 saturated carbocycles. The molecule has 2 aromatic carbocycles. The summed E-state index contributed by atoms with van der Waals surface area (Å²) in [6.07, 6.45) is 1.53. The summed E-state index contributed by atoms with van der Waals surface area (Å²) < 4.78 is 17.1. The highest BCUT2D eigenvalue weighted by Gasteiger charge is 2.19. The number of hydrogen-bond donors (Lipinski definition) is 1. The van der Waals surface area contributed by atoms with Gasteiger partial charge in [0.15, 0.2) is 5.69 Å². The molecule has 0 aliphatic carbocycles. The lowest BCUT2D eigenvalue weighted by atomic mass is 10.1. The van der Waals surface area contributed by atoms with Crippen molar-refractivity contribution < 1.29 is 18.7 Å². The second kappa shape index (κ2) is 8.12. The molecule has 0 fully saturated rings. The minimum Gasteiger partial charge on any atom is -0.497 e. The van der Waals surface area contributed by atoms with Gasteiger partial charge in [-0.05, 0) is 30.3 Å². The van der Waals surface area contributed by atoms with Crippen molar-refractivity contribution in [1.29, 1.82) is 0 Å². The molecule has 0 atom stereocenters. The number of nitrogens with one attached hydrogen (secondary N) is 1. The van der Waals surface area contributed by atoms with Gasteiger partial charge in [0, 0.05) is 11.5 Å². The van der Waals surface area contributed by atoms with E-state index in [1.165, 1.54) is 25.2 Å². The Balaban J connectivity index is 1.85. The molecule has 0 aliphatic heterocycles. The lowest BCUT2D eigenvalue weighted by Crippen LogP contribution is -2.30. The van der Waals surface area contributed by atoms with Crippen molar-refractivity contribution in [2.24, 2.45) is 0 Å². The molecule has 4 aromatic rings. The molecule has 0 radical (unpaired) electrons. The summed E-state index contributed by atoms with van der Waals surface area (Å²) in [4.78, 5) is 26.1. The zero-order chi connectivity index (χ0) is 21.1. The van der Waals surface area contributed by atoms with Gasteiger partial charge in [-0.3, -0.25) is 9.59 Å². The maximum atomic E-state index is 13.1. The average Bonchev–Trinajstić information content (AvgIpc) is 3.31. The number of aromatic nitrogens is 2. The maximum absolute atomic E-state index is 13.1. The van der Waals surface area contributed by atoms with Crippen LogP contribution in [0.5, 0.6) is 11.5 Å². The normalized spacial score (nSPS) is 10.7. The van der Waals surface area contributed by atoms with Crippen molar-refractivity contribution in [3.05, 3.63) is 82.7 Å². The first-order chi connectivity index (χ1) is 14.6. The Morgan fingerprint density at radius 2 is 1.87 bits per heavy atom. The Kier molecular flexibility index (Phi) is 5.21. The third-order valence-corrected chi connectivity index (χ3v) is 4.64. The van der Waals surface area contributed by atoms with E-state index in [0.29, 0.717) is 33.7 Å². The average molecular weight is 405 g/mol. The van der Waals surface area contributed by atoms with Gasteiger partial charge in [0.1, 0.15) is 22.9 Å². The number of nitrogens with zero attached hydrogens (tertiary/aromatic N) is 2. The number of carbonyl (C=O) groups excluding carboxylic acids is 1. The molecule has 0 saturated heterocycles. The summed E-state index contributed by atoms with van der Waals surface area (Å²) in [5.41, 5.74) is 0.153. The molecule has 0 aliphatic rings. The summed E-state index contributed by atoms with van der Waals surface area (Å²) in [6, 6.07) is 15.4. The minimum absolute atomic E-state index is 0.120. The Hall–Kier alpha value is -4.07. The zero-order valence-electron chi connectivity index (χ0n) is 16.4. The highest BCUT2D eigenvalue weighted by Crippen LogP contribution is 2.27. The van der Waals surface area contributed by atoms with Gasteiger partial charge in [0.05, 0.1) is 32.4 Å². The zero-order valence-corrected chi connectivity index (χ0v) is 16.4. The first-order valence-corrected chi connectivity index (χ1v) is 9.17. The minimum atomic E-state index is -0.427. The third kappa shape index (κ3) is 3.50. The van der Waals surface area contributed by atoms with Gasteiger partial charge >= 0.3 is 0 Å². The molecule has 2 aromatic heterocycles. The fourth-order valence-electron chi connectivity index (χ4n) is 3.14. The van der Waals surface area contributed by atoms with E-state index in [1.807, 2.05) is 0 Å². The van der Waals surface area contributed by atoms with Gasteiger partial charge in [-0.1, -0.05) is 18.2 Å². The molecule has 1 N–H and O–H groups in total. The molecule has 4 rings (SSSR count). The van der Waals surface area contributed by atoms with E-state index >= 15 is 0 Å². The monoisotopic (exact) mass is 405 g/mol. The molecule has 0 unspecified atom stereocenters. The molecule has 0 spiro atoms. The summed E-state index contributed by atoms with van der Waals surface area (Å²) in [5, 5.41) is 7.98. The first-order valence-electron chi connectivity index (χ1n) is 9.17. The van der Waals surface area contributed by atoms with E-state index in [0.717, 1.165) is 0 Å². The lowest BCUT2D eigenvalue weighted by molar-refractivity contribution is 0.0943. The molecule has 30 heavy (non-hydrogen) atoms. The molecular weight excluding hydrogens is 386 g/mol. The molecule has 1 amide bonds. The second-order valence-electron chi connectivity index (χ2n) is 6.41. The molecule has 152 valence electrons. The van der Waals surface area contributed by atoms with Crippen LogP contribution in [-0.4, -0.2) is 29.9 Å². The highest BCUT2D eigenvalue weighted by molar-refractivity contribution is 6.04. The smallest absolute Gasteiger partial charge is 0.279 e. The van der Waals surface area contributed by atoms with E-state index in [1.54, 1.807) is 54.6 Å². The van der Waals surface area contributed by atoms with Gasteiger partial charge < -0.3 is 19.2 Å². The fourth-order valence-corrected chi connectivity index (χ4v) is 3.14. The fraction of sp³-hybridized carbons (Fsp3) is 0.136. The summed E-state index contributed by atoms with van der Waals surface area (Å²) in [7, 11) is 3.03. The van der Waals surface area contributed by atoms with E-state index in [-0.39, 0.29) is 17.8 Å². The van der Waals surface area contributed by atoms with E-state index in [4.69, 9.17) is 13.9 Å². The number of furan rings is 1. The van der Waals surface area contributed by atoms with Gasteiger partial charge in [0.25, 0.3) is 11.5 Å². The van der Waals surface area contributed by atoms with Crippen LogP contribution in [0.2, 0.25) is 0 Å². The van der Waals surface area contributed by atoms with Crippen LogP contribution in [0.1, 0.15) is 16.2 Å². The van der Waals surface area contributed by atoms with E-state index < -0.39 is 5.91 Å². The van der Waals surface area contributed by atoms with Crippen LogP contribution in [0.3, 0.4) is 0 Å². The molecule has 8 nitrogen and oxygen atoms in total. The van der Waals surface area contributed by atoms with Crippen LogP contribution < -0.4 is 20.3 Å². The van der Waals surface area contributed by atoms with Crippen LogP contribution in [-0.2, 0) is 6.54 Å². The molecular formula is C22H19N3O5. The number of fused-ring (bicyclic) bond motifs is 1. The Labute approximate surface area is 171 Å². The van der Waals surface area contributed by atoms with Crippen molar-refractivity contribution in [2.45, 2.75) is 6.54 Å². The standard InChI is InChI=1S/C22H19N3O5/c1-28-14-9-10-18(19(12-14)29-2)25-22(27)17-8-4-3-7-16(17)20(24-25)21(26)23-13-15-6-5-11-30-15/h3-12H,13H2,1-2H3,(H,23,26). The van der Waals surface area contributed by atoms with E-state index in [9.17, 15) is 9.59 Å². The second-order valence-corrected chi connectivity index (χ2v) is 6.41. The van der Waals surface area contributed by atoms with Crippen LogP contribution in [0.25, 0.3) is 16.5 Å². The van der Waals surface area contributed by atoms with Crippen LogP contribution in [0.15, 0.2) is 70.1 Å². The van der Waals surface area contributed by atoms with Crippen molar-refractivity contribution in [3.8, 4) is 17.2 Å². The first kappa shape index (κ1) is 19.3. The Morgan fingerprint density at radius 1 is 1.07 bits per heavy atom. The topological polar surface area (TPSA) is 95.6 Å². The van der Waals surface area contributed by atoms with Crippen molar-refractivity contribution in [2.75, 3.05) is 14.2 Å². The van der Waals surface area contributed by atoms with Crippen LogP contribution in [0.4, 0.5) is 0 Å². The quantitative estimate of drug-likeness (QED) is 0.530. The number of benzene rings is 2. The van der Waals surface area contributed by atoms with Gasteiger partial charge in [-0.2, -0.15) is 9.78 Å². The predicted molar refractivity (Wildman–Crippen MR) is 110 cm³/mol. The van der Waals surface area contributed by atoms with Gasteiger partial charge in [-0.15, -0.1) is 0 Å². The van der Waals surface area contributed by atoms with Crippen molar-refractivity contribution >= 4 is 16.7 Å². The number of rotatable bonds is 6. The summed E-state index contributed by atoms with van der Waals surface area (Å²) in [5.74, 6) is 1.14. The molecule has 0 bridgehead atoms. The summed E-state index contributed by atoms with van der Waals surface area (Å²) in [6.45, 7) is 0.201. The van der Waals surface area contributed by atoms with E-state index in [2.05, 4.69) is 10.4 Å². The number of hydrogen-bond acceptors (Lipinski definition) is 6. The van der Waals surface area contributed by atoms with Crippen molar-refractivity contribution in [1.82, 2.24) is 15.1 Å². The number of carbonyl (C=O) groups is 1. The molecule has 8 heteroatoms. The molecule has 2 heterocycles. The van der Waals surface area contributed by atoms with Crippen LogP contribution in [0, 0.1) is 0 Å².